The van der Waals surface area contributed by atoms with Crippen LogP contribution in [0.2, 0.25) is 0 Å². The molecule has 2 rings (SSSR count). The molecule has 7 heteroatoms. The van der Waals surface area contributed by atoms with Gasteiger partial charge in [0, 0.05) is 15.3 Å². The molecule has 1 amide bonds. The molecule has 0 spiro atoms. The Morgan fingerprint density at radius 3 is 2.80 bits per heavy atom. The number of carbonyl (C=O) groups is 1. The summed E-state index contributed by atoms with van der Waals surface area (Å²) in [6, 6.07) is 6.41. The zero-order valence-corrected chi connectivity index (χ0v) is 13.0. The van der Waals surface area contributed by atoms with Crippen molar-refractivity contribution in [2.75, 3.05) is 12.4 Å². The Balaban J connectivity index is 2.27. The Kier molecular flexibility index (Phi) is 4.38. The summed E-state index contributed by atoms with van der Waals surface area (Å²) >= 11 is 2.06. The van der Waals surface area contributed by atoms with Crippen LogP contribution in [0.5, 0.6) is 11.6 Å². The van der Waals surface area contributed by atoms with Crippen LogP contribution in [0.15, 0.2) is 24.3 Å². The molecule has 0 saturated heterocycles. The molecule has 6 nitrogen and oxygen atoms in total. The van der Waals surface area contributed by atoms with Crippen LogP contribution in [-0.4, -0.2) is 28.1 Å². The number of phenolic OH excluding ortho intramolecular Hbond substituents is 1. The van der Waals surface area contributed by atoms with Crippen molar-refractivity contribution in [1.29, 1.82) is 0 Å². The molecule has 0 radical (unpaired) electrons. The highest BCUT2D eigenvalue weighted by Crippen LogP contribution is 2.21. The van der Waals surface area contributed by atoms with E-state index in [4.69, 9.17) is 4.74 Å². The quantitative estimate of drug-likeness (QED) is 0.793. The van der Waals surface area contributed by atoms with Gasteiger partial charge in [0.2, 0.25) is 11.8 Å². The Morgan fingerprint density at radius 1 is 1.35 bits per heavy atom. The second-order valence-electron chi connectivity index (χ2n) is 3.99. The van der Waals surface area contributed by atoms with Crippen molar-refractivity contribution in [1.82, 2.24) is 9.97 Å². The van der Waals surface area contributed by atoms with Gasteiger partial charge in [-0.1, -0.05) is 0 Å². The number of carbonyl (C=O) groups excluding carboxylic acids is 1. The van der Waals surface area contributed by atoms with Crippen LogP contribution in [0.1, 0.15) is 16.1 Å². The maximum absolute atomic E-state index is 12.1. The molecule has 0 bridgehead atoms. The van der Waals surface area contributed by atoms with E-state index >= 15 is 0 Å². The average Bonchev–Trinajstić information content (AvgIpc) is 2.40. The molecule has 0 atom stereocenters. The minimum absolute atomic E-state index is 0.0949. The van der Waals surface area contributed by atoms with Crippen molar-refractivity contribution in [3.05, 3.63) is 39.1 Å². The SMILES string of the molecule is COc1cc(C)nc(NC(=O)c2cc(I)ccc2O)n1. The lowest BCUT2D eigenvalue weighted by Gasteiger charge is -2.08. The molecule has 20 heavy (non-hydrogen) atoms. The number of methoxy groups -OCH3 is 1. The maximum atomic E-state index is 12.1. The number of nitrogens with zero attached hydrogens (tertiary/aromatic N) is 2. The van der Waals surface area contributed by atoms with Gasteiger partial charge in [-0.2, -0.15) is 4.98 Å². The lowest BCUT2D eigenvalue weighted by atomic mass is 10.2. The number of aromatic nitrogens is 2. The zero-order valence-electron chi connectivity index (χ0n) is 10.8. The summed E-state index contributed by atoms with van der Waals surface area (Å²) in [5.74, 6) is -0.0824. The number of hydrogen-bond donors (Lipinski definition) is 2. The molecule has 1 aromatic carbocycles. The van der Waals surface area contributed by atoms with Gasteiger partial charge < -0.3 is 9.84 Å². The van der Waals surface area contributed by atoms with Gasteiger partial charge in [-0.05, 0) is 47.7 Å². The molecule has 0 unspecified atom stereocenters. The largest absolute Gasteiger partial charge is 0.507 e. The van der Waals surface area contributed by atoms with Crippen molar-refractivity contribution >= 4 is 34.4 Å². The smallest absolute Gasteiger partial charge is 0.261 e. The minimum Gasteiger partial charge on any atom is -0.507 e. The first kappa shape index (κ1) is 14.5. The number of rotatable bonds is 3. The van der Waals surface area contributed by atoms with Gasteiger partial charge in [-0.15, -0.1) is 0 Å². The number of hydrogen-bond acceptors (Lipinski definition) is 5. The van der Waals surface area contributed by atoms with E-state index in [0.29, 0.717) is 11.6 Å². The van der Waals surface area contributed by atoms with Gasteiger partial charge in [0.25, 0.3) is 5.91 Å². The summed E-state index contributed by atoms with van der Waals surface area (Å²) in [5, 5.41) is 12.2. The van der Waals surface area contributed by atoms with E-state index in [1.54, 1.807) is 25.1 Å². The maximum Gasteiger partial charge on any atom is 0.261 e. The highest BCUT2D eigenvalue weighted by atomic mass is 127. The molecule has 2 N–H and O–H groups in total. The number of halogens is 1. The van der Waals surface area contributed by atoms with Crippen LogP contribution >= 0.6 is 22.6 Å². The number of anilines is 1. The van der Waals surface area contributed by atoms with Crippen LogP contribution in [0.4, 0.5) is 5.95 Å². The average molecular weight is 385 g/mol. The van der Waals surface area contributed by atoms with Crippen molar-refractivity contribution in [2.45, 2.75) is 6.92 Å². The second kappa shape index (κ2) is 6.04. The van der Waals surface area contributed by atoms with Crippen LogP contribution in [-0.2, 0) is 0 Å². The topological polar surface area (TPSA) is 84.3 Å². The molecule has 0 saturated carbocycles. The molecule has 0 aliphatic rings. The first-order valence-electron chi connectivity index (χ1n) is 5.69. The Bertz CT molecular complexity index is 661. The Morgan fingerprint density at radius 2 is 2.10 bits per heavy atom. The highest BCUT2D eigenvalue weighted by molar-refractivity contribution is 14.1. The van der Waals surface area contributed by atoms with Crippen LogP contribution in [0, 0.1) is 10.5 Å². The number of nitrogens with one attached hydrogen (secondary N) is 1. The molecule has 1 aromatic heterocycles. The van der Waals surface area contributed by atoms with E-state index in [-0.39, 0.29) is 17.3 Å². The fourth-order valence-corrected chi connectivity index (χ4v) is 2.05. The minimum atomic E-state index is -0.478. The first-order chi connectivity index (χ1) is 9.49. The molecular formula is C13H12IN3O3. The summed E-state index contributed by atoms with van der Waals surface area (Å²) in [6.45, 7) is 1.77. The Hall–Kier alpha value is -1.90. The first-order valence-corrected chi connectivity index (χ1v) is 6.77. The van der Waals surface area contributed by atoms with Crippen molar-refractivity contribution in [3.8, 4) is 11.6 Å². The van der Waals surface area contributed by atoms with E-state index in [1.165, 1.54) is 13.2 Å². The zero-order chi connectivity index (χ0) is 14.7. The van der Waals surface area contributed by atoms with Crippen LogP contribution < -0.4 is 10.1 Å². The normalized spacial score (nSPS) is 10.2. The highest BCUT2D eigenvalue weighted by Gasteiger charge is 2.14. The van der Waals surface area contributed by atoms with Crippen molar-refractivity contribution in [2.24, 2.45) is 0 Å². The standard InChI is InChI=1S/C13H12IN3O3/c1-7-5-11(20-2)16-13(15-7)17-12(19)9-6-8(14)3-4-10(9)18/h3-6,18H,1-2H3,(H,15,16,17,19). The van der Waals surface area contributed by atoms with Crippen molar-refractivity contribution < 1.29 is 14.6 Å². The summed E-state index contributed by atoms with van der Waals surface area (Å²) < 4.78 is 5.85. The van der Waals surface area contributed by atoms with E-state index in [0.717, 1.165) is 3.57 Å². The monoisotopic (exact) mass is 385 g/mol. The second-order valence-corrected chi connectivity index (χ2v) is 5.24. The lowest BCUT2D eigenvalue weighted by molar-refractivity contribution is 0.102. The molecule has 1 heterocycles. The van der Waals surface area contributed by atoms with Gasteiger partial charge >= 0.3 is 0 Å². The fourth-order valence-electron chi connectivity index (χ4n) is 1.56. The van der Waals surface area contributed by atoms with Gasteiger partial charge in [-0.3, -0.25) is 10.1 Å². The molecular weight excluding hydrogens is 373 g/mol. The Labute approximate surface area is 129 Å². The predicted octanol–water partition coefficient (Wildman–Crippen LogP) is 2.36. The number of aryl methyl sites for hydroxylation is 1. The van der Waals surface area contributed by atoms with E-state index < -0.39 is 5.91 Å². The number of amides is 1. The van der Waals surface area contributed by atoms with Crippen LogP contribution in [0.3, 0.4) is 0 Å². The summed E-state index contributed by atoms with van der Waals surface area (Å²) in [4.78, 5) is 20.2. The van der Waals surface area contributed by atoms with Gasteiger partial charge in [0.05, 0.1) is 12.7 Å². The third-order valence-corrected chi connectivity index (χ3v) is 3.14. The van der Waals surface area contributed by atoms with Crippen molar-refractivity contribution in [3.63, 3.8) is 0 Å². The van der Waals surface area contributed by atoms with Crippen LogP contribution in [0.25, 0.3) is 0 Å². The van der Waals surface area contributed by atoms with Gasteiger partial charge in [0.15, 0.2) is 0 Å². The number of ether oxygens (including phenoxy) is 1. The van der Waals surface area contributed by atoms with E-state index in [9.17, 15) is 9.90 Å². The molecule has 104 valence electrons. The summed E-state index contributed by atoms with van der Waals surface area (Å²) in [6.07, 6.45) is 0. The fraction of sp³-hybridized carbons (Fsp3) is 0.154. The molecule has 2 aromatic rings. The predicted molar refractivity (Wildman–Crippen MR) is 82.1 cm³/mol. The number of phenols is 1. The van der Waals surface area contributed by atoms with E-state index in [2.05, 4.69) is 37.9 Å². The summed E-state index contributed by atoms with van der Waals surface area (Å²) in [7, 11) is 1.48. The van der Waals surface area contributed by atoms with Gasteiger partial charge in [-0.25, -0.2) is 4.98 Å². The molecule has 0 aliphatic heterocycles. The third-order valence-electron chi connectivity index (χ3n) is 2.47. The molecule has 0 aliphatic carbocycles. The third kappa shape index (κ3) is 3.35. The van der Waals surface area contributed by atoms with Gasteiger partial charge in [0.1, 0.15) is 5.75 Å². The summed E-state index contributed by atoms with van der Waals surface area (Å²) in [5.41, 5.74) is 0.833. The van der Waals surface area contributed by atoms with E-state index in [1.807, 2.05) is 0 Å². The molecule has 0 fully saturated rings. The number of benzene rings is 1. The number of aromatic hydroxyl groups is 1. The lowest BCUT2D eigenvalue weighted by Crippen LogP contribution is -2.15.